The van der Waals surface area contributed by atoms with Crippen LogP contribution >= 0.6 is 11.6 Å². The van der Waals surface area contributed by atoms with Gasteiger partial charge in [0.25, 0.3) is 0 Å². The molecule has 2 heterocycles. The van der Waals surface area contributed by atoms with Crippen molar-refractivity contribution in [2.75, 3.05) is 18.0 Å². The fourth-order valence-corrected chi connectivity index (χ4v) is 1.94. The van der Waals surface area contributed by atoms with E-state index in [-0.39, 0.29) is 5.02 Å². The van der Waals surface area contributed by atoms with Gasteiger partial charge in [0.05, 0.1) is 10.6 Å². The van der Waals surface area contributed by atoms with Gasteiger partial charge in [-0.2, -0.15) is 13.2 Å². The fourth-order valence-electron chi connectivity index (χ4n) is 1.65. The summed E-state index contributed by atoms with van der Waals surface area (Å²) < 4.78 is 37.3. The van der Waals surface area contributed by atoms with E-state index in [0.717, 1.165) is 18.7 Å². The molecule has 1 aliphatic rings. The Kier molecular flexibility index (Phi) is 3.28. The number of pyridine rings is 1. The summed E-state index contributed by atoms with van der Waals surface area (Å²) in [4.78, 5) is 5.66. The average molecular weight is 263 g/mol. The van der Waals surface area contributed by atoms with Crippen molar-refractivity contribution in [2.24, 2.45) is 0 Å². The number of aromatic nitrogens is 1. The normalized spacial score (nSPS) is 16.4. The number of hydrogen-bond donors (Lipinski definition) is 0. The summed E-state index contributed by atoms with van der Waals surface area (Å²) in [6.07, 6.45) is 1.23. The van der Waals surface area contributed by atoms with Crippen LogP contribution in [0.4, 0.5) is 19.0 Å². The maximum absolute atomic E-state index is 12.4. The Hall–Kier alpha value is -1.23. The van der Waals surface area contributed by atoms with Gasteiger partial charge in [-0.15, -0.1) is 0 Å². The van der Waals surface area contributed by atoms with E-state index >= 15 is 0 Å². The number of nitrogens with zero attached hydrogens (tertiary/aromatic N) is 2. The molecular weight excluding hydrogens is 253 g/mol. The maximum Gasteiger partial charge on any atom is 0.417 e. The van der Waals surface area contributed by atoms with E-state index in [9.17, 15) is 13.2 Å². The van der Waals surface area contributed by atoms with Crippen molar-refractivity contribution in [1.29, 1.82) is 0 Å². The summed E-state index contributed by atoms with van der Waals surface area (Å²) in [5.41, 5.74) is -0.821. The summed E-state index contributed by atoms with van der Waals surface area (Å²) in [5, 5.41) is 0.0372. The zero-order valence-corrected chi connectivity index (χ0v) is 9.59. The van der Waals surface area contributed by atoms with Crippen molar-refractivity contribution in [3.63, 3.8) is 0 Å². The molecule has 2 rings (SSSR count). The standard InChI is InChI=1S/C11H10ClF3N2/c12-9-6-8(11(13,14)15)7-16-10(9)17-4-2-1-3-5-17/h1-2,6-7H,3-5H2. The molecule has 0 spiro atoms. The summed E-state index contributed by atoms with van der Waals surface area (Å²) in [7, 11) is 0. The summed E-state index contributed by atoms with van der Waals surface area (Å²) in [5.74, 6) is 0.406. The molecule has 1 aliphatic heterocycles. The Balaban J connectivity index is 2.28. The zero-order valence-electron chi connectivity index (χ0n) is 8.84. The molecule has 0 saturated heterocycles. The first kappa shape index (κ1) is 12.2. The molecule has 92 valence electrons. The lowest BCUT2D eigenvalue weighted by Gasteiger charge is -2.25. The van der Waals surface area contributed by atoms with Crippen LogP contribution in [-0.4, -0.2) is 18.1 Å². The smallest absolute Gasteiger partial charge is 0.351 e. The van der Waals surface area contributed by atoms with Crippen molar-refractivity contribution >= 4 is 17.4 Å². The van der Waals surface area contributed by atoms with Gasteiger partial charge in [-0.25, -0.2) is 4.98 Å². The van der Waals surface area contributed by atoms with Crippen LogP contribution in [0.2, 0.25) is 5.02 Å². The zero-order chi connectivity index (χ0) is 12.5. The molecule has 0 N–H and O–H groups in total. The predicted molar refractivity (Wildman–Crippen MR) is 60.2 cm³/mol. The van der Waals surface area contributed by atoms with Crippen molar-refractivity contribution in [3.05, 3.63) is 35.0 Å². The molecule has 0 aliphatic carbocycles. The van der Waals surface area contributed by atoms with Gasteiger partial charge in [0.2, 0.25) is 0 Å². The van der Waals surface area contributed by atoms with Crippen LogP contribution in [-0.2, 0) is 6.18 Å². The lowest BCUT2D eigenvalue weighted by molar-refractivity contribution is -0.137. The second-order valence-corrected chi connectivity index (χ2v) is 4.14. The molecule has 6 heteroatoms. The highest BCUT2D eigenvalue weighted by Gasteiger charge is 2.32. The van der Waals surface area contributed by atoms with Gasteiger partial charge in [-0.3, -0.25) is 0 Å². The van der Waals surface area contributed by atoms with Crippen LogP contribution in [0.25, 0.3) is 0 Å². The number of anilines is 1. The summed E-state index contributed by atoms with van der Waals surface area (Å²) in [6, 6.07) is 0.919. The van der Waals surface area contributed by atoms with Gasteiger partial charge in [0, 0.05) is 19.3 Å². The van der Waals surface area contributed by atoms with Crippen LogP contribution in [0.1, 0.15) is 12.0 Å². The summed E-state index contributed by atoms with van der Waals surface area (Å²) in [6.45, 7) is 1.34. The minimum atomic E-state index is -4.41. The van der Waals surface area contributed by atoms with Crippen LogP contribution < -0.4 is 4.90 Å². The van der Waals surface area contributed by atoms with E-state index in [1.54, 1.807) is 0 Å². The Morgan fingerprint density at radius 3 is 2.59 bits per heavy atom. The second-order valence-electron chi connectivity index (χ2n) is 3.73. The topological polar surface area (TPSA) is 16.1 Å². The molecule has 0 atom stereocenters. The van der Waals surface area contributed by atoms with Crippen LogP contribution in [0.5, 0.6) is 0 Å². The van der Waals surface area contributed by atoms with Gasteiger partial charge < -0.3 is 4.90 Å². The average Bonchev–Trinajstić information content (AvgIpc) is 2.29. The fraction of sp³-hybridized carbons (Fsp3) is 0.364. The second kappa shape index (κ2) is 4.56. The van der Waals surface area contributed by atoms with E-state index < -0.39 is 11.7 Å². The highest BCUT2D eigenvalue weighted by atomic mass is 35.5. The Morgan fingerprint density at radius 2 is 2.06 bits per heavy atom. The SMILES string of the molecule is FC(F)(F)c1cnc(N2CC=CCC2)c(Cl)c1. The third kappa shape index (κ3) is 2.72. The number of alkyl halides is 3. The molecule has 0 unspecified atom stereocenters. The molecule has 0 amide bonds. The third-order valence-corrected chi connectivity index (χ3v) is 2.78. The minimum absolute atomic E-state index is 0.0372. The molecular formula is C11H10ClF3N2. The Labute approximate surface area is 102 Å². The lowest BCUT2D eigenvalue weighted by atomic mass is 10.2. The quantitative estimate of drug-likeness (QED) is 0.720. The van der Waals surface area contributed by atoms with E-state index in [4.69, 9.17) is 11.6 Å². The molecule has 0 saturated carbocycles. The van der Waals surface area contributed by atoms with Gasteiger partial charge in [-0.1, -0.05) is 23.8 Å². The first-order valence-electron chi connectivity index (χ1n) is 5.11. The van der Waals surface area contributed by atoms with Gasteiger partial charge in [-0.05, 0) is 12.5 Å². The van der Waals surface area contributed by atoms with Crippen molar-refractivity contribution in [3.8, 4) is 0 Å². The lowest BCUT2D eigenvalue weighted by Crippen LogP contribution is -2.28. The number of hydrogen-bond acceptors (Lipinski definition) is 2. The van der Waals surface area contributed by atoms with Gasteiger partial charge >= 0.3 is 6.18 Å². The molecule has 1 aromatic rings. The van der Waals surface area contributed by atoms with Crippen LogP contribution in [0.15, 0.2) is 24.4 Å². The molecule has 0 bridgehead atoms. The van der Waals surface area contributed by atoms with E-state index in [1.165, 1.54) is 0 Å². The molecule has 0 fully saturated rings. The highest BCUT2D eigenvalue weighted by Crippen LogP contribution is 2.33. The molecule has 0 aromatic carbocycles. The maximum atomic E-state index is 12.4. The third-order valence-electron chi connectivity index (χ3n) is 2.51. The number of rotatable bonds is 1. The molecule has 1 aromatic heterocycles. The predicted octanol–water partition coefficient (Wildman–Crippen LogP) is 3.52. The molecule has 17 heavy (non-hydrogen) atoms. The van der Waals surface area contributed by atoms with E-state index in [2.05, 4.69) is 4.98 Å². The van der Waals surface area contributed by atoms with Crippen molar-refractivity contribution in [1.82, 2.24) is 4.98 Å². The van der Waals surface area contributed by atoms with E-state index in [1.807, 2.05) is 17.1 Å². The van der Waals surface area contributed by atoms with Gasteiger partial charge in [0.1, 0.15) is 5.82 Å². The van der Waals surface area contributed by atoms with Crippen LogP contribution in [0.3, 0.4) is 0 Å². The summed E-state index contributed by atoms with van der Waals surface area (Å²) >= 11 is 5.84. The Morgan fingerprint density at radius 1 is 1.29 bits per heavy atom. The van der Waals surface area contributed by atoms with Crippen molar-refractivity contribution < 1.29 is 13.2 Å². The first-order chi connectivity index (χ1) is 7.98. The molecule has 2 nitrogen and oxygen atoms in total. The first-order valence-corrected chi connectivity index (χ1v) is 5.49. The largest absolute Gasteiger partial charge is 0.417 e. The van der Waals surface area contributed by atoms with E-state index in [0.29, 0.717) is 18.9 Å². The highest BCUT2D eigenvalue weighted by molar-refractivity contribution is 6.33. The monoisotopic (exact) mass is 262 g/mol. The molecule has 0 radical (unpaired) electrons. The van der Waals surface area contributed by atoms with Crippen LogP contribution in [0, 0.1) is 0 Å². The Bertz CT molecular complexity index is 443. The van der Waals surface area contributed by atoms with Crippen molar-refractivity contribution in [2.45, 2.75) is 12.6 Å². The number of halogens is 4. The van der Waals surface area contributed by atoms with Gasteiger partial charge in [0.15, 0.2) is 0 Å². The minimum Gasteiger partial charge on any atom is -0.351 e.